The number of hydrogen-bond acceptors (Lipinski definition) is 3. The molecular formula is C14H19N3O2S. The van der Waals surface area contributed by atoms with Crippen LogP contribution in [0.15, 0.2) is 16.6 Å². The van der Waals surface area contributed by atoms with Gasteiger partial charge in [0.25, 0.3) is 5.91 Å². The Labute approximate surface area is 121 Å². The molecule has 0 radical (unpaired) electrons. The average Bonchev–Trinajstić information content (AvgIpc) is 3.11. The van der Waals surface area contributed by atoms with Crippen LogP contribution in [0.25, 0.3) is 0 Å². The third-order valence-electron chi connectivity index (χ3n) is 4.24. The molecule has 2 aliphatic rings. The highest BCUT2D eigenvalue weighted by atomic mass is 32.1. The molecule has 1 saturated heterocycles. The van der Waals surface area contributed by atoms with Gasteiger partial charge in [-0.1, -0.05) is 12.8 Å². The molecule has 1 saturated carbocycles. The first-order chi connectivity index (χ1) is 9.65. The van der Waals surface area contributed by atoms with Gasteiger partial charge in [0.1, 0.15) is 0 Å². The van der Waals surface area contributed by atoms with Crippen molar-refractivity contribution in [3.8, 4) is 0 Å². The molecule has 5 nitrogen and oxygen atoms in total. The van der Waals surface area contributed by atoms with E-state index in [1.807, 2.05) is 28.1 Å². The van der Waals surface area contributed by atoms with Crippen molar-refractivity contribution in [2.75, 3.05) is 6.54 Å². The SMILES string of the molecule is Cn1ccsc1=NC(=O)C1CC(=O)N(C2CCCC2)C1. The van der Waals surface area contributed by atoms with Gasteiger partial charge in [-0.3, -0.25) is 9.59 Å². The van der Waals surface area contributed by atoms with Gasteiger partial charge in [-0.15, -0.1) is 11.3 Å². The van der Waals surface area contributed by atoms with Gasteiger partial charge in [0, 0.05) is 37.6 Å². The third-order valence-corrected chi connectivity index (χ3v) is 5.09. The Kier molecular flexibility index (Phi) is 3.74. The van der Waals surface area contributed by atoms with E-state index in [2.05, 4.69) is 4.99 Å². The lowest BCUT2D eigenvalue weighted by Crippen LogP contribution is -2.35. The van der Waals surface area contributed by atoms with E-state index in [0.29, 0.717) is 23.8 Å². The molecular weight excluding hydrogens is 274 g/mol. The lowest BCUT2D eigenvalue weighted by atomic mass is 10.1. The van der Waals surface area contributed by atoms with Gasteiger partial charge in [0.05, 0.1) is 5.92 Å². The van der Waals surface area contributed by atoms with Crippen LogP contribution in [-0.4, -0.2) is 33.9 Å². The van der Waals surface area contributed by atoms with Crippen molar-refractivity contribution in [1.29, 1.82) is 0 Å². The number of nitrogens with zero attached hydrogens (tertiary/aromatic N) is 3. The second-order valence-corrected chi connectivity index (χ2v) is 6.50. The molecule has 1 atom stereocenters. The smallest absolute Gasteiger partial charge is 0.253 e. The molecule has 1 aromatic rings. The molecule has 0 spiro atoms. The van der Waals surface area contributed by atoms with Crippen molar-refractivity contribution >= 4 is 23.2 Å². The monoisotopic (exact) mass is 293 g/mol. The molecule has 0 aromatic carbocycles. The summed E-state index contributed by atoms with van der Waals surface area (Å²) in [7, 11) is 1.87. The number of rotatable bonds is 2. The molecule has 1 aromatic heterocycles. The second kappa shape index (κ2) is 5.52. The summed E-state index contributed by atoms with van der Waals surface area (Å²) in [5.74, 6) is -0.289. The van der Waals surface area contributed by atoms with Gasteiger partial charge in [-0.05, 0) is 12.8 Å². The molecule has 1 aliphatic carbocycles. The zero-order chi connectivity index (χ0) is 14.1. The number of likely N-dealkylation sites (tertiary alicyclic amines) is 1. The number of amides is 2. The number of aryl methyl sites for hydroxylation is 1. The van der Waals surface area contributed by atoms with Crippen LogP contribution in [0.5, 0.6) is 0 Å². The number of hydrogen-bond donors (Lipinski definition) is 0. The Balaban J connectivity index is 1.71. The number of aromatic nitrogens is 1. The van der Waals surface area contributed by atoms with Crippen LogP contribution in [0.4, 0.5) is 0 Å². The minimum atomic E-state index is -0.259. The standard InChI is InChI=1S/C14H19N3O2S/c1-16-6-7-20-14(16)15-13(19)10-8-12(18)17(9-10)11-4-2-3-5-11/h6-7,10-11H,2-5,8-9H2,1H3. The maximum absolute atomic E-state index is 12.2. The summed E-state index contributed by atoms with van der Waals surface area (Å²) in [5, 5.41) is 1.90. The zero-order valence-corrected chi connectivity index (χ0v) is 12.4. The summed E-state index contributed by atoms with van der Waals surface area (Å²) in [6.45, 7) is 0.556. The third kappa shape index (κ3) is 2.57. The fourth-order valence-electron chi connectivity index (χ4n) is 3.09. The highest BCUT2D eigenvalue weighted by Gasteiger charge is 2.38. The molecule has 2 amide bonds. The Bertz CT molecular complexity index is 583. The first kappa shape index (κ1) is 13.5. The highest BCUT2D eigenvalue weighted by Crippen LogP contribution is 2.29. The van der Waals surface area contributed by atoms with Crippen molar-refractivity contribution < 1.29 is 9.59 Å². The summed E-state index contributed by atoms with van der Waals surface area (Å²) in [6.07, 6.45) is 6.77. The van der Waals surface area contributed by atoms with Crippen molar-refractivity contribution in [3.63, 3.8) is 0 Å². The predicted octanol–water partition coefficient (Wildman–Crippen LogP) is 1.30. The molecule has 1 aliphatic heterocycles. The van der Waals surface area contributed by atoms with E-state index >= 15 is 0 Å². The highest BCUT2D eigenvalue weighted by molar-refractivity contribution is 7.07. The topological polar surface area (TPSA) is 54.7 Å². The van der Waals surface area contributed by atoms with Crippen LogP contribution in [-0.2, 0) is 16.6 Å². The molecule has 6 heteroatoms. The van der Waals surface area contributed by atoms with Crippen molar-refractivity contribution in [2.24, 2.45) is 18.0 Å². The lowest BCUT2D eigenvalue weighted by Gasteiger charge is -2.23. The average molecular weight is 293 g/mol. The van der Waals surface area contributed by atoms with Crippen molar-refractivity contribution in [1.82, 2.24) is 9.47 Å². The van der Waals surface area contributed by atoms with Gasteiger partial charge >= 0.3 is 0 Å². The van der Waals surface area contributed by atoms with E-state index in [1.165, 1.54) is 24.2 Å². The van der Waals surface area contributed by atoms with Gasteiger partial charge in [0.2, 0.25) is 5.91 Å². The second-order valence-electron chi connectivity index (χ2n) is 5.63. The molecule has 2 heterocycles. The first-order valence-electron chi connectivity index (χ1n) is 7.13. The Morgan fingerprint density at radius 3 is 2.80 bits per heavy atom. The fraction of sp³-hybridized carbons (Fsp3) is 0.643. The summed E-state index contributed by atoms with van der Waals surface area (Å²) >= 11 is 1.44. The van der Waals surface area contributed by atoms with E-state index in [-0.39, 0.29) is 17.7 Å². The Morgan fingerprint density at radius 2 is 2.15 bits per heavy atom. The van der Waals surface area contributed by atoms with Crippen LogP contribution < -0.4 is 4.80 Å². The van der Waals surface area contributed by atoms with E-state index in [9.17, 15) is 9.59 Å². The summed E-state index contributed by atoms with van der Waals surface area (Å²) in [6, 6.07) is 0.359. The Morgan fingerprint density at radius 1 is 1.40 bits per heavy atom. The van der Waals surface area contributed by atoms with Crippen molar-refractivity contribution in [3.05, 3.63) is 16.4 Å². The molecule has 1 unspecified atom stereocenters. The van der Waals surface area contributed by atoms with E-state index in [0.717, 1.165) is 12.8 Å². The van der Waals surface area contributed by atoms with Gasteiger partial charge in [0.15, 0.2) is 4.80 Å². The lowest BCUT2D eigenvalue weighted by molar-refractivity contribution is -0.130. The largest absolute Gasteiger partial charge is 0.339 e. The first-order valence-corrected chi connectivity index (χ1v) is 8.01. The molecule has 0 bridgehead atoms. The summed E-state index contributed by atoms with van der Waals surface area (Å²) in [5.41, 5.74) is 0. The molecule has 0 N–H and O–H groups in total. The Hall–Kier alpha value is -1.43. The van der Waals surface area contributed by atoms with Crippen LogP contribution >= 0.6 is 11.3 Å². The van der Waals surface area contributed by atoms with Crippen LogP contribution in [0, 0.1) is 5.92 Å². The van der Waals surface area contributed by atoms with Crippen LogP contribution in [0.1, 0.15) is 32.1 Å². The quantitative estimate of drug-likeness (QED) is 0.825. The summed E-state index contributed by atoms with van der Waals surface area (Å²) < 4.78 is 1.83. The zero-order valence-electron chi connectivity index (χ0n) is 11.6. The van der Waals surface area contributed by atoms with Crippen LogP contribution in [0.2, 0.25) is 0 Å². The van der Waals surface area contributed by atoms with E-state index in [1.54, 1.807) is 0 Å². The molecule has 2 fully saturated rings. The maximum atomic E-state index is 12.2. The number of thiazole rings is 1. The number of carbonyl (C=O) groups excluding carboxylic acids is 2. The van der Waals surface area contributed by atoms with Gasteiger partial charge in [-0.2, -0.15) is 4.99 Å². The minimum Gasteiger partial charge on any atom is -0.339 e. The fourth-order valence-corrected chi connectivity index (χ4v) is 3.82. The van der Waals surface area contributed by atoms with Crippen LogP contribution in [0.3, 0.4) is 0 Å². The molecule has 3 rings (SSSR count). The minimum absolute atomic E-state index is 0.126. The van der Waals surface area contributed by atoms with Crippen molar-refractivity contribution in [2.45, 2.75) is 38.1 Å². The number of carbonyl (C=O) groups is 2. The summed E-state index contributed by atoms with van der Waals surface area (Å²) in [4.78, 5) is 31.1. The van der Waals surface area contributed by atoms with Gasteiger partial charge in [-0.25, -0.2) is 0 Å². The van der Waals surface area contributed by atoms with E-state index < -0.39 is 0 Å². The molecule has 108 valence electrons. The predicted molar refractivity (Wildman–Crippen MR) is 75.9 cm³/mol. The van der Waals surface area contributed by atoms with Gasteiger partial charge < -0.3 is 9.47 Å². The maximum Gasteiger partial charge on any atom is 0.253 e. The van der Waals surface area contributed by atoms with E-state index in [4.69, 9.17) is 0 Å². The molecule has 20 heavy (non-hydrogen) atoms. The normalized spacial score (nSPS) is 24.9.